The Morgan fingerprint density at radius 1 is 1.00 bits per heavy atom. The molecule has 0 spiro atoms. The lowest BCUT2D eigenvalue weighted by atomic mass is 10.8. The molecule has 0 aliphatic heterocycles. The maximum Gasteiger partial charge on any atom is 0.152 e. The Morgan fingerprint density at radius 2 is 1.30 bits per heavy atom. The monoisotopic (exact) mass is 188 g/mol. The second kappa shape index (κ2) is 5.91. The maximum atomic E-state index is 10.7. The lowest BCUT2D eigenvalue weighted by Crippen LogP contribution is -2.22. The number of rotatable bonds is 4. The van der Waals surface area contributed by atoms with Crippen molar-refractivity contribution >= 4 is 22.2 Å². The second-order valence-electron chi connectivity index (χ2n) is 1.73. The molecule has 0 unspecified atom stereocenters. The van der Waals surface area contributed by atoms with Crippen LogP contribution in [0.25, 0.3) is 0 Å². The first kappa shape index (κ1) is 12.8. The van der Waals surface area contributed by atoms with Crippen LogP contribution in [0.1, 0.15) is 0 Å². The average molecular weight is 189 g/mol. The lowest BCUT2D eigenvalue weighted by molar-refractivity contribution is 0.595. The third-order valence-electron chi connectivity index (χ3n) is 0.858. The number of hydrogen-bond donors (Lipinski definition) is 2. The summed E-state index contributed by atoms with van der Waals surface area (Å²) in [6.45, 7) is 0.366. The Morgan fingerprint density at radius 3 is 1.50 bits per heavy atom. The van der Waals surface area contributed by atoms with Crippen LogP contribution in [0.3, 0.4) is 0 Å². The highest BCUT2D eigenvalue weighted by Crippen LogP contribution is 1.84. The summed E-state index contributed by atoms with van der Waals surface area (Å²) in [5, 5.41) is 0. The van der Waals surface area contributed by atoms with Crippen LogP contribution in [0.15, 0.2) is 0 Å². The molecule has 0 bridgehead atoms. The summed E-state index contributed by atoms with van der Waals surface area (Å²) in [6.07, 6.45) is 0. The quantitative estimate of drug-likeness (QED) is 0.577. The highest BCUT2D eigenvalue weighted by Gasteiger charge is 2.05. The van der Waals surface area contributed by atoms with Crippen LogP contribution < -0.4 is 11.5 Å². The van der Waals surface area contributed by atoms with Gasteiger partial charge in [-0.25, -0.2) is 8.42 Å². The van der Waals surface area contributed by atoms with E-state index in [9.17, 15) is 8.42 Å². The third kappa shape index (κ3) is 6.28. The van der Waals surface area contributed by atoms with E-state index in [2.05, 4.69) is 0 Å². The molecule has 0 saturated carbocycles. The normalized spacial score (nSPS) is 10.6. The fourth-order valence-electron chi connectivity index (χ4n) is 0.461. The van der Waals surface area contributed by atoms with Crippen LogP contribution in [0, 0.1) is 0 Å². The molecule has 0 rings (SSSR count). The van der Waals surface area contributed by atoms with Gasteiger partial charge in [0, 0.05) is 13.1 Å². The van der Waals surface area contributed by atoms with Crippen molar-refractivity contribution in [3.8, 4) is 0 Å². The molecule has 0 radical (unpaired) electrons. The van der Waals surface area contributed by atoms with Crippen molar-refractivity contribution in [3.63, 3.8) is 0 Å². The van der Waals surface area contributed by atoms with E-state index in [4.69, 9.17) is 11.5 Å². The van der Waals surface area contributed by atoms with Crippen LogP contribution in [0.5, 0.6) is 0 Å². The molecule has 0 aliphatic carbocycles. The average Bonchev–Trinajstić information content (AvgIpc) is 1.64. The van der Waals surface area contributed by atoms with Gasteiger partial charge in [0.05, 0.1) is 11.5 Å². The number of hydrogen-bond acceptors (Lipinski definition) is 4. The molecule has 0 aromatic carbocycles. The van der Waals surface area contributed by atoms with Crippen molar-refractivity contribution in [1.82, 2.24) is 0 Å². The standard InChI is InChI=1S/C4H12N2O2S.ClH/c5-1-3-9(7,8)4-2-6;/h1-6H2;1H. The van der Waals surface area contributed by atoms with Crippen LogP contribution in [0.4, 0.5) is 0 Å². The van der Waals surface area contributed by atoms with E-state index in [1.807, 2.05) is 0 Å². The van der Waals surface area contributed by atoms with Gasteiger partial charge in [0.15, 0.2) is 9.84 Å². The summed E-state index contributed by atoms with van der Waals surface area (Å²) in [6, 6.07) is 0. The third-order valence-corrected chi connectivity index (χ3v) is 2.57. The Hall–Kier alpha value is 0.160. The molecule has 4 nitrogen and oxygen atoms in total. The van der Waals surface area contributed by atoms with Crippen molar-refractivity contribution in [2.45, 2.75) is 0 Å². The molecule has 0 heterocycles. The Balaban J connectivity index is 0. The van der Waals surface area contributed by atoms with E-state index < -0.39 is 9.84 Å². The van der Waals surface area contributed by atoms with Gasteiger partial charge in [-0.2, -0.15) is 0 Å². The Kier molecular flexibility index (Phi) is 7.56. The second-order valence-corrected chi connectivity index (χ2v) is 4.03. The smallest absolute Gasteiger partial charge is 0.152 e. The molecule has 64 valence electrons. The van der Waals surface area contributed by atoms with Gasteiger partial charge in [-0.05, 0) is 0 Å². The highest BCUT2D eigenvalue weighted by atomic mass is 35.5. The molecule has 0 amide bonds. The maximum absolute atomic E-state index is 10.7. The summed E-state index contributed by atoms with van der Waals surface area (Å²) < 4.78 is 21.3. The highest BCUT2D eigenvalue weighted by molar-refractivity contribution is 7.91. The minimum atomic E-state index is -2.93. The van der Waals surface area contributed by atoms with Crippen LogP contribution in [-0.4, -0.2) is 33.0 Å². The summed E-state index contributed by atoms with van der Waals surface area (Å²) in [5.74, 6) is 0.0917. The first-order valence-corrected chi connectivity index (χ1v) is 4.55. The van der Waals surface area contributed by atoms with Gasteiger partial charge in [-0.3, -0.25) is 0 Å². The van der Waals surface area contributed by atoms with Gasteiger partial charge in [0.2, 0.25) is 0 Å². The SMILES string of the molecule is Cl.NCCS(=O)(=O)CCN. The van der Waals surface area contributed by atoms with Gasteiger partial charge >= 0.3 is 0 Å². The Labute approximate surface area is 67.3 Å². The zero-order valence-corrected chi connectivity index (χ0v) is 7.25. The zero-order chi connectivity index (χ0) is 7.33. The van der Waals surface area contributed by atoms with Crippen LogP contribution in [0.2, 0.25) is 0 Å². The molecular formula is C4H13ClN2O2S. The van der Waals surface area contributed by atoms with E-state index in [0.717, 1.165) is 0 Å². The minimum absolute atomic E-state index is 0. The van der Waals surface area contributed by atoms with Gasteiger partial charge in [-0.1, -0.05) is 0 Å². The lowest BCUT2D eigenvalue weighted by Gasteiger charge is -1.97. The van der Waals surface area contributed by atoms with Crippen molar-refractivity contribution in [2.75, 3.05) is 24.6 Å². The van der Waals surface area contributed by atoms with Crippen LogP contribution >= 0.6 is 12.4 Å². The van der Waals surface area contributed by atoms with Gasteiger partial charge in [-0.15, -0.1) is 12.4 Å². The van der Waals surface area contributed by atoms with Gasteiger partial charge in [0.1, 0.15) is 0 Å². The number of sulfone groups is 1. The van der Waals surface area contributed by atoms with E-state index in [0.29, 0.717) is 0 Å². The zero-order valence-electron chi connectivity index (χ0n) is 5.62. The fraction of sp³-hybridized carbons (Fsp3) is 1.00. The molecule has 0 saturated heterocycles. The van der Waals surface area contributed by atoms with Crippen LogP contribution in [-0.2, 0) is 9.84 Å². The number of nitrogens with two attached hydrogens (primary N) is 2. The van der Waals surface area contributed by atoms with E-state index in [1.54, 1.807) is 0 Å². The summed E-state index contributed by atoms with van der Waals surface area (Å²) in [7, 11) is -2.93. The fourth-order valence-corrected chi connectivity index (χ4v) is 1.38. The van der Waals surface area contributed by atoms with Gasteiger partial charge in [0.25, 0.3) is 0 Å². The van der Waals surface area contributed by atoms with Crippen molar-refractivity contribution in [3.05, 3.63) is 0 Å². The largest absolute Gasteiger partial charge is 0.329 e. The molecule has 0 fully saturated rings. The Bertz CT molecular complexity index is 145. The van der Waals surface area contributed by atoms with E-state index in [1.165, 1.54) is 0 Å². The number of halogens is 1. The van der Waals surface area contributed by atoms with E-state index >= 15 is 0 Å². The summed E-state index contributed by atoms with van der Waals surface area (Å²) in [5.41, 5.74) is 10.0. The van der Waals surface area contributed by atoms with Crippen molar-refractivity contribution < 1.29 is 8.42 Å². The summed E-state index contributed by atoms with van der Waals surface area (Å²) >= 11 is 0. The predicted octanol–water partition coefficient (Wildman–Crippen LogP) is -1.26. The van der Waals surface area contributed by atoms with Crippen molar-refractivity contribution in [2.24, 2.45) is 11.5 Å². The molecule has 10 heavy (non-hydrogen) atoms. The molecule has 4 N–H and O–H groups in total. The molecule has 0 atom stereocenters. The first-order chi connectivity index (χ1) is 4.12. The molecule has 0 aliphatic rings. The molecule has 0 aromatic heterocycles. The first-order valence-electron chi connectivity index (χ1n) is 2.73. The summed E-state index contributed by atoms with van der Waals surface area (Å²) in [4.78, 5) is 0. The predicted molar refractivity (Wildman–Crippen MR) is 44.0 cm³/mol. The minimum Gasteiger partial charge on any atom is -0.329 e. The van der Waals surface area contributed by atoms with E-state index in [-0.39, 0.29) is 37.0 Å². The molecular weight excluding hydrogens is 176 g/mol. The molecule has 0 aromatic rings. The van der Waals surface area contributed by atoms with Crippen molar-refractivity contribution in [1.29, 1.82) is 0 Å². The van der Waals surface area contributed by atoms with Gasteiger partial charge < -0.3 is 11.5 Å². The molecule has 6 heteroatoms. The topological polar surface area (TPSA) is 86.2 Å².